The lowest BCUT2D eigenvalue weighted by molar-refractivity contribution is 0.0995. The van der Waals surface area contributed by atoms with Gasteiger partial charge in [-0.2, -0.15) is 0 Å². The Morgan fingerprint density at radius 2 is 1.94 bits per heavy atom. The first-order valence-electron chi connectivity index (χ1n) is 10.4. The van der Waals surface area contributed by atoms with Crippen LogP contribution in [0.3, 0.4) is 0 Å². The van der Waals surface area contributed by atoms with Gasteiger partial charge in [0.15, 0.2) is 5.76 Å². The largest absolute Gasteiger partial charge is 0.454 e. The molecule has 4 aromatic rings. The number of amides is 1. The fraction of sp³-hybridized carbons (Fsp3) is 0.208. The fourth-order valence-electron chi connectivity index (χ4n) is 3.93. The minimum atomic E-state index is -0.407. The van der Waals surface area contributed by atoms with Crippen LogP contribution >= 0.6 is 22.7 Å². The first kappa shape index (κ1) is 20.7. The minimum absolute atomic E-state index is 0.0433. The van der Waals surface area contributed by atoms with Crippen molar-refractivity contribution in [3.05, 3.63) is 96.8 Å². The Hall–Kier alpha value is -3.23. The molecule has 4 aromatic heterocycles. The molecule has 1 aliphatic rings. The maximum Gasteiger partial charge on any atom is 0.291 e. The molecule has 0 radical (unpaired) electrons. The molecule has 32 heavy (non-hydrogen) atoms. The van der Waals surface area contributed by atoms with Crippen molar-refractivity contribution in [3.8, 4) is 0 Å². The van der Waals surface area contributed by atoms with E-state index < -0.39 is 5.91 Å². The molecule has 0 spiro atoms. The molecule has 0 saturated carbocycles. The van der Waals surface area contributed by atoms with Gasteiger partial charge in [0.05, 0.1) is 17.0 Å². The van der Waals surface area contributed by atoms with Gasteiger partial charge in [-0.25, -0.2) is 0 Å². The minimum Gasteiger partial charge on any atom is -0.454 e. The number of carbonyl (C=O) groups is 2. The molecular formula is C24H20N2O4S2. The van der Waals surface area contributed by atoms with E-state index in [-0.39, 0.29) is 23.6 Å². The lowest BCUT2D eigenvalue weighted by Crippen LogP contribution is -2.18. The summed E-state index contributed by atoms with van der Waals surface area (Å²) in [5.74, 6) is 0.197. The molecule has 4 heterocycles. The molecule has 162 valence electrons. The molecule has 0 bridgehead atoms. The molecule has 0 unspecified atom stereocenters. The third-order valence-corrected chi connectivity index (χ3v) is 7.56. The SMILES string of the molecule is O=C(Nc1sc2c(c1C(=O)c1cccs1)CCCC2)c1ccc(Cn2ccccc2=O)o1. The molecule has 1 N–H and O–H groups in total. The third-order valence-electron chi connectivity index (χ3n) is 5.48. The average molecular weight is 465 g/mol. The van der Waals surface area contributed by atoms with Gasteiger partial charge in [0.25, 0.3) is 11.5 Å². The van der Waals surface area contributed by atoms with E-state index in [4.69, 9.17) is 4.42 Å². The summed E-state index contributed by atoms with van der Waals surface area (Å²) in [6.07, 6.45) is 5.58. The normalized spacial score (nSPS) is 13.0. The second-order valence-corrected chi connectivity index (χ2v) is 9.66. The van der Waals surface area contributed by atoms with Crippen molar-refractivity contribution in [3.63, 3.8) is 0 Å². The molecule has 0 atom stereocenters. The third kappa shape index (κ3) is 3.99. The fourth-order valence-corrected chi connectivity index (χ4v) is 5.89. The number of furan rings is 1. The van der Waals surface area contributed by atoms with Crippen molar-refractivity contribution >= 4 is 39.4 Å². The molecular weight excluding hydrogens is 444 g/mol. The van der Waals surface area contributed by atoms with Gasteiger partial charge in [0, 0.05) is 17.1 Å². The van der Waals surface area contributed by atoms with E-state index in [1.807, 2.05) is 17.5 Å². The number of hydrogen-bond donors (Lipinski definition) is 1. The van der Waals surface area contributed by atoms with Crippen LogP contribution in [0.1, 0.15) is 54.8 Å². The number of ketones is 1. The van der Waals surface area contributed by atoms with Crippen molar-refractivity contribution in [1.82, 2.24) is 4.57 Å². The molecule has 5 rings (SSSR count). The number of aromatic nitrogens is 1. The van der Waals surface area contributed by atoms with Crippen LogP contribution in [-0.2, 0) is 19.4 Å². The summed E-state index contributed by atoms with van der Waals surface area (Å²) in [4.78, 5) is 39.9. The summed E-state index contributed by atoms with van der Waals surface area (Å²) in [5.41, 5.74) is 1.54. The standard InChI is InChI=1S/C24H20N2O4S2/c27-20-9-3-4-12-26(20)14-15-10-11-17(30-15)23(29)25-24-21(22(28)19-8-5-13-31-19)16-6-1-2-7-18(16)32-24/h3-5,8-13H,1-2,6-7,14H2,(H,25,29). The summed E-state index contributed by atoms with van der Waals surface area (Å²) < 4.78 is 7.21. The number of pyridine rings is 1. The predicted octanol–water partition coefficient (Wildman–Crippen LogP) is 4.97. The zero-order valence-corrected chi connectivity index (χ0v) is 18.8. The van der Waals surface area contributed by atoms with Crippen molar-refractivity contribution in [1.29, 1.82) is 0 Å². The molecule has 8 heteroatoms. The smallest absolute Gasteiger partial charge is 0.291 e. The van der Waals surface area contributed by atoms with Crippen LogP contribution in [0.25, 0.3) is 0 Å². The van der Waals surface area contributed by atoms with Crippen LogP contribution in [0, 0.1) is 0 Å². The number of anilines is 1. The number of fused-ring (bicyclic) bond motifs is 1. The zero-order chi connectivity index (χ0) is 22.1. The van der Waals surface area contributed by atoms with E-state index in [0.717, 1.165) is 31.2 Å². The number of nitrogens with zero attached hydrogens (tertiary/aromatic N) is 1. The van der Waals surface area contributed by atoms with Crippen LogP contribution in [0.15, 0.2) is 63.3 Å². The Balaban J connectivity index is 1.41. The highest BCUT2D eigenvalue weighted by Gasteiger charge is 2.28. The average Bonchev–Trinajstić information content (AvgIpc) is 3.55. The Labute approximate surface area is 192 Å². The van der Waals surface area contributed by atoms with Crippen molar-refractivity contribution in [2.45, 2.75) is 32.2 Å². The monoisotopic (exact) mass is 464 g/mol. The van der Waals surface area contributed by atoms with Crippen LogP contribution in [0.2, 0.25) is 0 Å². The van der Waals surface area contributed by atoms with Gasteiger partial charge >= 0.3 is 0 Å². The van der Waals surface area contributed by atoms with Crippen molar-refractivity contribution in [2.75, 3.05) is 5.32 Å². The van der Waals surface area contributed by atoms with Crippen molar-refractivity contribution < 1.29 is 14.0 Å². The molecule has 0 saturated heterocycles. The number of hydrogen-bond acceptors (Lipinski definition) is 6. The van der Waals surface area contributed by atoms with Gasteiger partial charge in [-0.3, -0.25) is 14.4 Å². The molecule has 0 aliphatic heterocycles. The van der Waals surface area contributed by atoms with E-state index in [0.29, 0.717) is 21.2 Å². The van der Waals surface area contributed by atoms with Gasteiger partial charge in [-0.05, 0) is 60.9 Å². The number of nitrogens with one attached hydrogen (secondary N) is 1. The van der Waals surface area contributed by atoms with E-state index in [9.17, 15) is 14.4 Å². The lowest BCUT2D eigenvalue weighted by atomic mass is 9.93. The summed E-state index contributed by atoms with van der Waals surface area (Å²) in [7, 11) is 0. The number of aryl methyl sites for hydroxylation is 1. The van der Waals surface area contributed by atoms with Crippen LogP contribution < -0.4 is 10.9 Å². The highest BCUT2D eigenvalue weighted by Crippen LogP contribution is 2.40. The van der Waals surface area contributed by atoms with E-state index >= 15 is 0 Å². The molecule has 0 fully saturated rings. The van der Waals surface area contributed by atoms with Crippen LogP contribution in [-0.4, -0.2) is 16.3 Å². The summed E-state index contributed by atoms with van der Waals surface area (Å²) in [6.45, 7) is 0.238. The summed E-state index contributed by atoms with van der Waals surface area (Å²) in [6, 6.07) is 11.9. The van der Waals surface area contributed by atoms with Crippen molar-refractivity contribution in [2.24, 2.45) is 0 Å². The second kappa shape index (κ2) is 8.72. The van der Waals surface area contributed by atoms with Gasteiger partial charge in [-0.1, -0.05) is 12.1 Å². The van der Waals surface area contributed by atoms with E-state index in [2.05, 4.69) is 5.32 Å². The number of rotatable bonds is 6. The summed E-state index contributed by atoms with van der Waals surface area (Å²) >= 11 is 2.89. The number of carbonyl (C=O) groups excluding carboxylic acids is 2. The Bertz CT molecular complexity index is 1340. The molecule has 1 amide bonds. The second-order valence-electron chi connectivity index (χ2n) is 7.61. The van der Waals surface area contributed by atoms with E-state index in [1.54, 1.807) is 30.5 Å². The molecule has 1 aliphatic carbocycles. The van der Waals surface area contributed by atoms with Crippen LogP contribution in [0.5, 0.6) is 0 Å². The van der Waals surface area contributed by atoms with Crippen LogP contribution in [0.4, 0.5) is 5.00 Å². The maximum absolute atomic E-state index is 13.2. The van der Waals surface area contributed by atoms with Gasteiger partial charge in [0.1, 0.15) is 10.8 Å². The Kier molecular flexibility index (Phi) is 5.63. The maximum atomic E-state index is 13.2. The predicted molar refractivity (Wildman–Crippen MR) is 125 cm³/mol. The first-order chi connectivity index (χ1) is 15.6. The topological polar surface area (TPSA) is 81.3 Å². The van der Waals surface area contributed by atoms with Gasteiger partial charge < -0.3 is 14.3 Å². The van der Waals surface area contributed by atoms with Gasteiger partial charge in [-0.15, -0.1) is 22.7 Å². The highest BCUT2D eigenvalue weighted by atomic mass is 32.1. The Morgan fingerprint density at radius 1 is 1.06 bits per heavy atom. The Morgan fingerprint density at radius 3 is 2.75 bits per heavy atom. The number of thiophene rings is 2. The van der Waals surface area contributed by atoms with Gasteiger partial charge in [0.2, 0.25) is 5.78 Å². The van der Waals surface area contributed by atoms with E-state index in [1.165, 1.54) is 38.2 Å². The lowest BCUT2D eigenvalue weighted by Gasteiger charge is -2.12. The molecule has 6 nitrogen and oxygen atoms in total. The molecule has 0 aromatic carbocycles. The quantitative estimate of drug-likeness (QED) is 0.408. The highest BCUT2D eigenvalue weighted by molar-refractivity contribution is 7.17. The summed E-state index contributed by atoms with van der Waals surface area (Å²) in [5, 5.41) is 5.38. The first-order valence-corrected chi connectivity index (χ1v) is 12.1. The zero-order valence-electron chi connectivity index (χ0n) is 17.1.